The zero-order chi connectivity index (χ0) is 22.5. The minimum absolute atomic E-state index is 0.0770. The molecule has 0 amide bonds. The fourth-order valence-corrected chi connectivity index (χ4v) is 5.72. The first-order valence-electron chi connectivity index (χ1n) is 10.9. The molecule has 0 bridgehead atoms. The second-order valence-corrected chi connectivity index (χ2v) is 9.23. The van der Waals surface area contributed by atoms with Gasteiger partial charge in [-0.15, -0.1) is 11.8 Å². The Bertz CT molecular complexity index is 1060. The SMILES string of the molecule is CCOc1ccc(-c2ccc(C(=O)[C@H]3CC[C@@H](Sc4ccccc4)[C@@H]3C(=O)O)cc2)cc1. The number of carbonyl (C=O) groups is 2. The van der Waals surface area contributed by atoms with E-state index in [4.69, 9.17) is 4.74 Å². The lowest BCUT2D eigenvalue weighted by Crippen LogP contribution is -2.30. The minimum Gasteiger partial charge on any atom is -0.494 e. The van der Waals surface area contributed by atoms with Gasteiger partial charge in [0, 0.05) is 21.6 Å². The van der Waals surface area contributed by atoms with Crippen LogP contribution in [0.15, 0.2) is 83.8 Å². The Morgan fingerprint density at radius 2 is 1.53 bits per heavy atom. The molecule has 164 valence electrons. The molecule has 0 aliphatic heterocycles. The third-order valence-electron chi connectivity index (χ3n) is 5.92. The van der Waals surface area contributed by atoms with Crippen LogP contribution < -0.4 is 4.74 Å². The van der Waals surface area contributed by atoms with Crippen molar-refractivity contribution in [2.24, 2.45) is 11.8 Å². The largest absolute Gasteiger partial charge is 0.494 e. The number of carboxylic acids is 1. The Hall–Kier alpha value is -3.05. The number of hydrogen-bond acceptors (Lipinski definition) is 4. The van der Waals surface area contributed by atoms with E-state index < -0.39 is 17.8 Å². The summed E-state index contributed by atoms with van der Waals surface area (Å²) in [6, 6.07) is 25.1. The molecule has 32 heavy (non-hydrogen) atoms. The van der Waals surface area contributed by atoms with Crippen LogP contribution in [0.1, 0.15) is 30.1 Å². The number of carbonyl (C=O) groups excluding carboxylic acids is 1. The van der Waals surface area contributed by atoms with Crippen molar-refractivity contribution in [3.8, 4) is 16.9 Å². The van der Waals surface area contributed by atoms with Gasteiger partial charge in [-0.1, -0.05) is 54.6 Å². The van der Waals surface area contributed by atoms with Gasteiger partial charge in [0.05, 0.1) is 12.5 Å². The van der Waals surface area contributed by atoms with Crippen LogP contribution in [0, 0.1) is 11.8 Å². The van der Waals surface area contributed by atoms with E-state index in [9.17, 15) is 14.7 Å². The lowest BCUT2D eigenvalue weighted by atomic mass is 9.88. The van der Waals surface area contributed by atoms with E-state index >= 15 is 0 Å². The number of ketones is 1. The van der Waals surface area contributed by atoms with E-state index in [0.717, 1.165) is 28.2 Å². The predicted octanol–water partition coefficient (Wildman–Crippen LogP) is 6.21. The monoisotopic (exact) mass is 446 g/mol. The molecule has 3 aromatic carbocycles. The van der Waals surface area contributed by atoms with E-state index in [1.54, 1.807) is 11.8 Å². The van der Waals surface area contributed by atoms with Crippen molar-refractivity contribution in [2.75, 3.05) is 6.61 Å². The van der Waals surface area contributed by atoms with Gasteiger partial charge in [0.2, 0.25) is 0 Å². The van der Waals surface area contributed by atoms with Gasteiger partial charge < -0.3 is 9.84 Å². The van der Waals surface area contributed by atoms with Gasteiger partial charge in [-0.2, -0.15) is 0 Å². The summed E-state index contributed by atoms with van der Waals surface area (Å²) in [7, 11) is 0. The maximum atomic E-state index is 13.2. The number of carboxylic acid groups (broad SMARTS) is 1. The Labute approximate surface area is 192 Å². The van der Waals surface area contributed by atoms with Crippen molar-refractivity contribution < 1.29 is 19.4 Å². The van der Waals surface area contributed by atoms with Crippen LogP contribution >= 0.6 is 11.8 Å². The Balaban J connectivity index is 1.48. The number of benzene rings is 3. The molecule has 0 radical (unpaired) electrons. The van der Waals surface area contributed by atoms with Gasteiger partial charge in [-0.05, 0) is 55.2 Å². The van der Waals surface area contributed by atoms with Crippen LogP contribution in [0.4, 0.5) is 0 Å². The summed E-state index contributed by atoms with van der Waals surface area (Å²) in [5, 5.41) is 9.80. The molecule has 3 aromatic rings. The molecule has 0 aromatic heterocycles. The van der Waals surface area contributed by atoms with E-state index in [1.165, 1.54) is 0 Å². The number of thioether (sulfide) groups is 1. The smallest absolute Gasteiger partial charge is 0.308 e. The van der Waals surface area contributed by atoms with E-state index in [2.05, 4.69) is 0 Å². The normalized spacial score (nSPS) is 20.1. The van der Waals surface area contributed by atoms with E-state index in [-0.39, 0.29) is 11.0 Å². The van der Waals surface area contributed by atoms with Gasteiger partial charge in [0.15, 0.2) is 5.78 Å². The summed E-state index contributed by atoms with van der Waals surface area (Å²) in [6.45, 7) is 2.57. The van der Waals surface area contributed by atoms with E-state index in [1.807, 2.05) is 85.8 Å². The summed E-state index contributed by atoms with van der Waals surface area (Å²) in [5.74, 6) is -1.32. The van der Waals surface area contributed by atoms with Gasteiger partial charge in [0.1, 0.15) is 5.75 Å². The summed E-state index contributed by atoms with van der Waals surface area (Å²) in [4.78, 5) is 26.4. The fourth-order valence-electron chi connectivity index (χ4n) is 4.34. The van der Waals surface area contributed by atoms with Crippen molar-refractivity contribution in [1.29, 1.82) is 0 Å². The number of Topliss-reactive ketones (excluding diaryl/α,β-unsaturated/α-hetero) is 1. The summed E-state index contributed by atoms with van der Waals surface area (Å²) >= 11 is 1.56. The Kier molecular flexibility index (Phi) is 6.96. The van der Waals surface area contributed by atoms with Gasteiger partial charge in [-0.25, -0.2) is 0 Å². The van der Waals surface area contributed by atoms with Crippen molar-refractivity contribution in [1.82, 2.24) is 0 Å². The number of rotatable bonds is 8. The molecule has 4 nitrogen and oxygen atoms in total. The number of ether oxygens (including phenoxy) is 1. The maximum absolute atomic E-state index is 13.2. The highest BCUT2D eigenvalue weighted by Crippen LogP contribution is 2.44. The van der Waals surface area contributed by atoms with Crippen LogP contribution in [0.3, 0.4) is 0 Å². The Morgan fingerprint density at radius 1 is 0.906 bits per heavy atom. The molecule has 0 unspecified atom stereocenters. The van der Waals surface area contributed by atoms with Crippen LogP contribution in [-0.4, -0.2) is 28.7 Å². The average Bonchev–Trinajstić information content (AvgIpc) is 3.24. The predicted molar refractivity (Wildman–Crippen MR) is 127 cm³/mol. The van der Waals surface area contributed by atoms with Crippen LogP contribution in [0.25, 0.3) is 11.1 Å². The van der Waals surface area contributed by atoms with Crippen molar-refractivity contribution in [3.05, 3.63) is 84.4 Å². The first-order chi connectivity index (χ1) is 15.6. The van der Waals surface area contributed by atoms with Gasteiger partial charge in [-0.3, -0.25) is 9.59 Å². The second kappa shape index (κ2) is 10.0. The van der Waals surface area contributed by atoms with Crippen molar-refractivity contribution in [2.45, 2.75) is 29.9 Å². The van der Waals surface area contributed by atoms with E-state index in [0.29, 0.717) is 18.6 Å². The Morgan fingerprint density at radius 3 is 2.12 bits per heavy atom. The zero-order valence-corrected chi connectivity index (χ0v) is 18.8. The van der Waals surface area contributed by atoms with Crippen LogP contribution in [0.5, 0.6) is 5.75 Å². The van der Waals surface area contributed by atoms with Crippen molar-refractivity contribution >= 4 is 23.5 Å². The lowest BCUT2D eigenvalue weighted by molar-refractivity contribution is -0.142. The molecule has 0 saturated heterocycles. The topological polar surface area (TPSA) is 63.6 Å². The first-order valence-corrected chi connectivity index (χ1v) is 11.8. The zero-order valence-electron chi connectivity index (χ0n) is 17.9. The minimum atomic E-state index is -0.889. The molecular formula is C27H26O4S. The molecule has 1 fully saturated rings. The molecule has 0 heterocycles. The van der Waals surface area contributed by atoms with Crippen LogP contribution in [-0.2, 0) is 4.79 Å². The summed E-state index contributed by atoms with van der Waals surface area (Å²) < 4.78 is 5.49. The van der Waals surface area contributed by atoms with Crippen molar-refractivity contribution in [3.63, 3.8) is 0 Å². The number of aliphatic carboxylic acids is 1. The molecule has 1 aliphatic carbocycles. The molecule has 1 aliphatic rings. The molecular weight excluding hydrogens is 420 g/mol. The molecule has 3 atom stereocenters. The average molecular weight is 447 g/mol. The molecule has 1 saturated carbocycles. The summed E-state index contributed by atoms with van der Waals surface area (Å²) in [5.41, 5.74) is 2.61. The second-order valence-electron chi connectivity index (χ2n) is 7.92. The lowest BCUT2D eigenvalue weighted by Gasteiger charge is -2.20. The maximum Gasteiger partial charge on any atom is 0.308 e. The molecule has 1 N–H and O–H groups in total. The fraction of sp³-hybridized carbons (Fsp3) is 0.259. The van der Waals surface area contributed by atoms with Crippen LogP contribution in [0.2, 0.25) is 0 Å². The molecule has 5 heteroatoms. The summed E-state index contributed by atoms with van der Waals surface area (Å²) in [6.07, 6.45) is 1.32. The highest BCUT2D eigenvalue weighted by atomic mass is 32.2. The first kappa shape index (κ1) is 22.2. The third-order valence-corrected chi connectivity index (χ3v) is 7.29. The molecule has 0 spiro atoms. The highest BCUT2D eigenvalue weighted by molar-refractivity contribution is 8.00. The van der Waals surface area contributed by atoms with Gasteiger partial charge in [0.25, 0.3) is 0 Å². The third kappa shape index (κ3) is 4.89. The standard InChI is InChI=1S/C27H26O4S/c1-2-31-21-14-12-19(13-15-21)18-8-10-20(11-9-18)26(28)23-16-17-24(25(23)27(29)30)32-22-6-4-3-5-7-22/h3-15,23-25H,2,16-17H2,1H3,(H,29,30)/t23-,24+,25+/m0/s1. The highest BCUT2D eigenvalue weighted by Gasteiger charge is 2.45. The van der Waals surface area contributed by atoms with Gasteiger partial charge >= 0.3 is 5.97 Å². The molecule has 4 rings (SSSR count). The number of hydrogen-bond donors (Lipinski definition) is 1. The quantitative estimate of drug-likeness (QED) is 0.417.